The Kier molecular flexibility index (Phi) is 3.93. The second-order valence-electron chi connectivity index (χ2n) is 2.39. The van der Waals surface area contributed by atoms with E-state index in [9.17, 15) is 13.2 Å². The predicted molar refractivity (Wildman–Crippen MR) is 56.9 cm³/mol. The lowest BCUT2D eigenvalue weighted by Crippen LogP contribution is -2.10. The number of aromatic nitrogens is 1. The second-order valence-corrected chi connectivity index (χ2v) is 4.40. The molecule has 0 unspecified atom stereocenters. The smallest absolute Gasteiger partial charge is 0.359 e. The molecular weight excluding hydrogens is 258 g/mol. The van der Waals surface area contributed by atoms with Crippen molar-refractivity contribution >= 4 is 38.8 Å². The van der Waals surface area contributed by atoms with Crippen molar-refractivity contribution in [2.75, 3.05) is 11.8 Å². The topological polar surface area (TPSA) is 118 Å². The van der Waals surface area contributed by atoms with Crippen molar-refractivity contribution in [2.45, 2.75) is 0 Å². The standard InChI is InChI=1S/C6H7N3O5S2/c1-14-8-4(2-10)5-3-15-6(7-5)9-16(11,12)13/h2-3H,1H3,(H,7,9)(H,11,12,13)/b8-4-. The summed E-state index contributed by atoms with van der Waals surface area (Å²) in [5.41, 5.74) is 0.0649. The SMILES string of the molecule is CO/N=C(/C=O)c1csc(NS(=O)(=O)O)n1. The monoisotopic (exact) mass is 265 g/mol. The highest BCUT2D eigenvalue weighted by atomic mass is 32.2. The molecule has 0 atom stereocenters. The molecule has 8 nitrogen and oxygen atoms in total. The summed E-state index contributed by atoms with van der Waals surface area (Å²) < 4.78 is 31.2. The third kappa shape index (κ3) is 3.56. The number of nitrogens with one attached hydrogen (secondary N) is 1. The van der Waals surface area contributed by atoms with Crippen molar-refractivity contribution in [1.82, 2.24) is 4.98 Å². The molecular formula is C6H7N3O5S2. The van der Waals surface area contributed by atoms with E-state index in [2.05, 4.69) is 15.0 Å². The van der Waals surface area contributed by atoms with E-state index < -0.39 is 10.3 Å². The highest BCUT2D eigenvalue weighted by molar-refractivity contribution is 7.87. The van der Waals surface area contributed by atoms with Crippen LogP contribution in [0.2, 0.25) is 0 Å². The fourth-order valence-electron chi connectivity index (χ4n) is 0.776. The minimum Gasteiger partial charge on any atom is -0.398 e. The normalized spacial score (nSPS) is 12.2. The molecule has 16 heavy (non-hydrogen) atoms. The second kappa shape index (κ2) is 5.01. The minimum absolute atomic E-state index is 0.0804. The van der Waals surface area contributed by atoms with Crippen LogP contribution >= 0.6 is 11.3 Å². The van der Waals surface area contributed by atoms with Crippen molar-refractivity contribution in [3.63, 3.8) is 0 Å². The third-order valence-corrected chi connectivity index (χ3v) is 2.62. The molecule has 0 aromatic carbocycles. The summed E-state index contributed by atoms with van der Waals surface area (Å²) in [4.78, 5) is 18.7. The van der Waals surface area contributed by atoms with Crippen LogP contribution in [-0.2, 0) is 19.9 Å². The molecule has 1 aromatic rings. The molecule has 2 N–H and O–H groups in total. The van der Waals surface area contributed by atoms with Crippen LogP contribution in [0.5, 0.6) is 0 Å². The lowest BCUT2D eigenvalue weighted by atomic mass is 10.3. The fraction of sp³-hybridized carbons (Fsp3) is 0.167. The van der Waals surface area contributed by atoms with Crippen molar-refractivity contribution in [3.05, 3.63) is 11.1 Å². The zero-order valence-electron chi connectivity index (χ0n) is 7.95. The Morgan fingerprint density at radius 2 is 2.44 bits per heavy atom. The number of hydrogen-bond acceptors (Lipinski definition) is 7. The number of nitrogens with zero attached hydrogens (tertiary/aromatic N) is 2. The molecule has 0 amide bonds. The Hall–Kier alpha value is -1.52. The van der Waals surface area contributed by atoms with E-state index in [0.29, 0.717) is 6.29 Å². The van der Waals surface area contributed by atoms with Crippen LogP contribution in [0.25, 0.3) is 0 Å². The molecule has 88 valence electrons. The number of rotatable bonds is 5. The fourth-order valence-corrected chi connectivity index (χ4v) is 2.10. The van der Waals surface area contributed by atoms with Crippen LogP contribution < -0.4 is 4.72 Å². The summed E-state index contributed by atoms with van der Waals surface area (Å²) in [5.74, 6) is 0. The summed E-state index contributed by atoms with van der Waals surface area (Å²) in [6.45, 7) is 0. The summed E-state index contributed by atoms with van der Waals surface area (Å²) in [6.07, 6.45) is 0.412. The van der Waals surface area contributed by atoms with Crippen LogP contribution in [0.15, 0.2) is 10.5 Å². The van der Waals surface area contributed by atoms with Gasteiger partial charge in [0.05, 0.1) is 0 Å². The Morgan fingerprint density at radius 1 is 1.75 bits per heavy atom. The van der Waals surface area contributed by atoms with E-state index in [4.69, 9.17) is 4.55 Å². The Morgan fingerprint density at radius 3 is 2.94 bits per heavy atom. The van der Waals surface area contributed by atoms with Gasteiger partial charge in [0.15, 0.2) is 17.1 Å². The molecule has 0 fully saturated rings. The lowest BCUT2D eigenvalue weighted by Gasteiger charge is -1.95. The van der Waals surface area contributed by atoms with Crippen LogP contribution in [0.3, 0.4) is 0 Å². The Bertz CT molecular complexity index is 506. The maximum absolute atomic E-state index is 10.6. The highest BCUT2D eigenvalue weighted by Gasteiger charge is 2.12. The number of anilines is 1. The largest absolute Gasteiger partial charge is 0.398 e. The van der Waals surface area contributed by atoms with E-state index >= 15 is 0 Å². The third-order valence-electron chi connectivity index (χ3n) is 1.28. The van der Waals surface area contributed by atoms with Crippen molar-refractivity contribution in [1.29, 1.82) is 0 Å². The number of thiazole rings is 1. The van der Waals surface area contributed by atoms with Gasteiger partial charge in [0.25, 0.3) is 0 Å². The molecule has 1 rings (SSSR count). The molecule has 1 heterocycles. The molecule has 0 spiro atoms. The van der Waals surface area contributed by atoms with Gasteiger partial charge in [-0.05, 0) is 0 Å². The van der Waals surface area contributed by atoms with E-state index in [1.807, 2.05) is 0 Å². The average Bonchev–Trinajstić information content (AvgIpc) is 2.59. The van der Waals surface area contributed by atoms with Gasteiger partial charge in [-0.25, -0.2) is 9.71 Å². The lowest BCUT2D eigenvalue weighted by molar-refractivity contribution is -0.102. The molecule has 0 aliphatic heterocycles. The molecule has 0 saturated heterocycles. The summed E-state index contributed by atoms with van der Waals surface area (Å²) >= 11 is 0.889. The van der Waals surface area contributed by atoms with Crippen molar-refractivity contribution < 1.29 is 22.6 Å². The van der Waals surface area contributed by atoms with E-state index in [0.717, 1.165) is 11.3 Å². The van der Waals surface area contributed by atoms with E-state index in [1.165, 1.54) is 12.5 Å². The van der Waals surface area contributed by atoms with Crippen LogP contribution in [0, 0.1) is 0 Å². The van der Waals surface area contributed by atoms with Gasteiger partial charge in [-0.1, -0.05) is 5.16 Å². The van der Waals surface area contributed by atoms with Crippen LogP contribution in [0.4, 0.5) is 5.13 Å². The zero-order valence-corrected chi connectivity index (χ0v) is 9.58. The van der Waals surface area contributed by atoms with Crippen molar-refractivity contribution in [2.24, 2.45) is 5.16 Å². The van der Waals surface area contributed by atoms with Crippen molar-refractivity contribution in [3.8, 4) is 0 Å². The molecule has 0 radical (unpaired) electrons. The van der Waals surface area contributed by atoms with Gasteiger partial charge in [-0.2, -0.15) is 8.42 Å². The summed E-state index contributed by atoms with van der Waals surface area (Å²) in [6, 6.07) is 0. The van der Waals surface area contributed by atoms with E-state index in [1.54, 1.807) is 4.72 Å². The predicted octanol–water partition coefficient (Wildman–Crippen LogP) is -0.0928. The zero-order chi connectivity index (χ0) is 12.2. The van der Waals surface area contributed by atoms with Gasteiger partial charge in [0.1, 0.15) is 12.8 Å². The Labute approximate surface area is 94.8 Å². The number of carbonyl (C=O) groups is 1. The van der Waals surface area contributed by atoms with Gasteiger partial charge >= 0.3 is 10.3 Å². The molecule has 0 aliphatic carbocycles. The number of carbonyl (C=O) groups excluding carboxylic acids is 1. The van der Waals surface area contributed by atoms with Crippen LogP contribution in [-0.4, -0.2) is 37.1 Å². The molecule has 0 saturated carbocycles. The minimum atomic E-state index is -4.37. The first kappa shape index (κ1) is 12.5. The highest BCUT2D eigenvalue weighted by Crippen LogP contribution is 2.16. The van der Waals surface area contributed by atoms with Gasteiger partial charge < -0.3 is 4.84 Å². The maximum atomic E-state index is 10.6. The number of oxime groups is 1. The average molecular weight is 265 g/mol. The first-order valence-electron chi connectivity index (χ1n) is 3.73. The van der Waals surface area contributed by atoms with Gasteiger partial charge in [-0.15, -0.1) is 11.3 Å². The maximum Gasteiger partial charge on any atom is 0.359 e. The molecule has 0 aliphatic rings. The van der Waals surface area contributed by atoms with Crippen LogP contribution in [0.1, 0.15) is 5.69 Å². The quantitative estimate of drug-likeness (QED) is 0.332. The first-order chi connectivity index (χ1) is 7.46. The number of hydrogen-bond donors (Lipinski definition) is 2. The van der Waals surface area contributed by atoms with Gasteiger partial charge in [0.2, 0.25) is 0 Å². The van der Waals surface area contributed by atoms with E-state index in [-0.39, 0.29) is 16.5 Å². The molecule has 0 bridgehead atoms. The summed E-state index contributed by atoms with van der Waals surface area (Å²) in [7, 11) is -3.11. The van der Waals surface area contributed by atoms with Gasteiger partial charge in [0, 0.05) is 5.38 Å². The first-order valence-corrected chi connectivity index (χ1v) is 6.05. The van der Waals surface area contributed by atoms with Gasteiger partial charge in [-0.3, -0.25) is 9.35 Å². The molecule has 1 aromatic heterocycles. The number of aldehydes is 1. The Balaban J connectivity index is 2.94. The molecule has 10 heteroatoms. The summed E-state index contributed by atoms with van der Waals surface area (Å²) in [5, 5.41) is 4.68.